The van der Waals surface area contributed by atoms with E-state index in [1.165, 1.54) is 6.20 Å². The molecule has 1 amide bonds. The fourth-order valence-corrected chi connectivity index (χ4v) is 3.08. The topological polar surface area (TPSA) is 105 Å². The highest BCUT2D eigenvalue weighted by Crippen LogP contribution is 2.31. The van der Waals surface area contributed by atoms with Crippen molar-refractivity contribution in [3.63, 3.8) is 0 Å². The number of rotatable bonds is 3. The van der Waals surface area contributed by atoms with Gasteiger partial charge in [-0.1, -0.05) is 6.07 Å². The van der Waals surface area contributed by atoms with Gasteiger partial charge in [0.25, 0.3) is 5.56 Å². The van der Waals surface area contributed by atoms with Crippen LogP contribution in [0.3, 0.4) is 0 Å². The molecule has 1 fully saturated rings. The number of aromatic nitrogens is 5. The van der Waals surface area contributed by atoms with E-state index in [-0.39, 0.29) is 17.4 Å². The van der Waals surface area contributed by atoms with E-state index in [2.05, 4.69) is 25.4 Å². The van der Waals surface area contributed by atoms with Crippen LogP contribution in [0.15, 0.2) is 41.6 Å². The molecular weight excluding hydrogens is 344 g/mol. The van der Waals surface area contributed by atoms with Crippen LogP contribution in [0.25, 0.3) is 27.8 Å². The number of pyridine rings is 3. The van der Waals surface area contributed by atoms with Crippen LogP contribution in [0.5, 0.6) is 0 Å². The fourth-order valence-electron chi connectivity index (χ4n) is 3.08. The summed E-state index contributed by atoms with van der Waals surface area (Å²) < 4.78 is 1.71. The molecular formula is C19H16N6O2. The smallest absolute Gasteiger partial charge is 0.257 e. The predicted molar refractivity (Wildman–Crippen MR) is 100 cm³/mol. The zero-order valence-electron chi connectivity index (χ0n) is 14.6. The molecule has 8 heteroatoms. The molecule has 4 aromatic rings. The summed E-state index contributed by atoms with van der Waals surface area (Å²) in [5.74, 6) is 0.956. The summed E-state index contributed by atoms with van der Waals surface area (Å²) in [6, 6.07) is 5.56. The number of H-pyrrole nitrogens is 1. The van der Waals surface area contributed by atoms with E-state index < -0.39 is 0 Å². The van der Waals surface area contributed by atoms with E-state index in [0.29, 0.717) is 33.6 Å². The first-order valence-corrected chi connectivity index (χ1v) is 8.74. The Kier molecular flexibility index (Phi) is 3.33. The molecule has 0 radical (unpaired) electrons. The summed E-state index contributed by atoms with van der Waals surface area (Å²) in [7, 11) is 0. The van der Waals surface area contributed by atoms with Crippen molar-refractivity contribution in [2.45, 2.75) is 19.8 Å². The molecule has 0 saturated heterocycles. The maximum atomic E-state index is 12.2. The number of hydrogen-bond acceptors (Lipinski definition) is 5. The Morgan fingerprint density at radius 1 is 1.30 bits per heavy atom. The Morgan fingerprint density at radius 2 is 2.15 bits per heavy atom. The number of fused-ring (bicyclic) bond motifs is 2. The van der Waals surface area contributed by atoms with Crippen molar-refractivity contribution in [1.82, 2.24) is 24.6 Å². The van der Waals surface area contributed by atoms with Crippen molar-refractivity contribution in [3.05, 3.63) is 52.7 Å². The van der Waals surface area contributed by atoms with Crippen molar-refractivity contribution in [2.75, 3.05) is 5.32 Å². The van der Waals surface area contributed by atoms with Gasteiger partial charge in [-0.05, 0) is 37.5 Å². The maximum absolute atomic E-state index is 12.2. The van der Waals surface area contributed by atoms with E-state index in [1.807, 2.05) is 25.3 Å². The number of amides is 1. The summed E-state index contributed by atoms with van der Waals surface area (Å²) in [5, 5.41) is 8.42. The normalized spacial score (nSPS) is 14.0. The Bertz CT molecular complexity index is 1270. The lowest BCUT2D eigenvalue weighted by Crippen LogP contribution is -2.15. The summed E-state index contributed by atoms with van der Waals surface area (Å²) >= 11 is 0. The van der Waals surface area contributed by atoms with E-state index >= 15 is 0 Å². The third-order valence-corrected chi connectivity index (χ3v) is 4.71. The zero-order chi connectivity index (χ0) is 18.5. The van der Waals surface area contributed by atoms with Gasteiger partial charge in [0.2, 0.25) is 5.91 Å². The van der Waals surface area contributed by atoms with Crippen molar-refractivity contribution < 1.29 is 4.79 Å². The van der Waals surface area contributed by atoms with E-state index in [0.717, 1.165) is 18.4 Å². The second-order valence-corrected chi connectivity index (χ2v) is 6.85. The van der Waals surface area contributed by atoms with Crippen LogP contribution in [0, 0.1) is 12.8 Å². The summed E-state index contributed by atoms with van der Waals surface area (Å²) in [6.07, 6.45) is 6.78. The van der Waals surface area contributed by atoms with Gasteiger partial charge in [-0.2, -0.15) is 0 Å². The summed E-state index contributed by atoms with van der Waals surface area (Å²) in [5.41, 5.74) is 2.21. The number of carbonyl (C=O) groups excluding carboxylic acids is 1. The van der Waals surface area contributed by atoms with Crippen LogP contribution in [0.2, 0.25) is 0 Å². The number of carbonyl (C=O) groups is 1. The quantitative estimate of drug-likeness (QED) is 0.583. The maximum Gasteiger partial charge on any atom is 0.257 e. The molecule has 8 nitrogen and oxygen atoms in total. The van der Waals surface area contributed by atoms with E-state index in [9.17, 15) is 9.59 Å². The van der Waals surface area contributed by atoms with Crippen molar-refractivity contribution in [3.8, 4) is 11.4 Å². The summed E-state index contributed by atoms with van der Waals surface area (Å²) in [4.78, 5) is 35.7. The lowest BCUT2D eigenvalue weighted by molar-refractivity contribution is -0.117. The molecule has 4 heterocycles. The van der Waals surface area contributed by atoms with Crippen LogP contribution in [0.4, 0.5) is 5.82 Å². The first-order valence-electron chi connectivity index (χ1n) is 8.74. The van der Waals surface area contributed by atoms with Gasteiger partial charge in [0.1, 0.15) is 5.82 Å². The molecule has 5 rings (SSSR count). The SMILES string of the molecule is Cc1ccc2nc(-c3c[nH]c(=O)c4cnc(NC(=O)C5CC5)cc34)nn2c1. The molecule has 1 saturated carbocycles. The van der Waals surface area contributed by atoms with Crippen molar-refractivity contribution >= 4 is 28.1 Å². The number of aryl methyl sites for hydroxylation is 1. The zero-order valence-corrected chi connectivity index (χ0v) is 14.6. The molecule has 0 spiro atoms. The number of aromatic amines is 1. The minimum Gasteiger partial charge on any atom is -0.328 e. The van der Waals surface area contributed by atoms with Crippen LogP contribution in [-0.2, 0) is 4.79 Å². The lowest BCUT2D eigenvalue weighted by atomic mass is 10.1. The standard InChI is InChI=1S/C19H16N6O2/c1-10-2-5-16-23-17(24-25(16)9-10)13-7-21-19(27)14-8-20-15(6-12(13)14)22-18(26)11-3-4-11/h2,5-9,11H,3-4H2,1H3,(H,21,27)(H,20,22,26). The van der Waals surface area contributed by atoms with Gasteiger partial charge < -0.3 is 10.3 Å². The van der Waals surface area contributed by atoms with Gasteiger partial charge in [-0.3, -0.25) is 9.59 Å². The van der Waals surface area contributed by atoms with E-state index in [4.69, 9.17) is 0 Å². The molecule has 0 bridgehead atoms. The van der Waals surface area contributed by atoms with E-state index in [1.54, 1.807) is 16.8 Å². The van der Waals surface area contributed by atoms with Gasteiger partial charge in [0, 0.05) is 35.5 Å². The second-order valence-electron chi connectivity index (χ2n) is 6.85. The largest absolute Gasteiger partial charge is 0.328 e. The molecule has 0 aromatic carbocycles. The van der Waals surface area contributed by atoms with Crippen LogP contribution in [0.1, 0.15) is 18.4 Å². The minimum absolute atomic E-state index is 0.0328. The Hall–Kier alpha value is -3.55. The molecule has 134 valence electrons. The van der Waals surface area contributed by atoms with Crippen LogP contribution in [-0.4, -0.2) is 30.5 Å². The molecule has 1 aliphatic rings. The molecule has 0 atom stereocenters. The monoisotopic (exact) mass is 360 g/mol. The highest BCUT2D eigenvalue weighted by Gasteiger charge is 2.29. The average molecular weight is 360 g/mol. The molecule has 1 aliphatic carbocycles. The first kappa shape index (κ1) is 15.7. The van der Waals surface area contributed by atoms with Gasteiger partial charge in [0.05, 0.1) is 5.39 Å². The van der Waals surface area contributed by atoms with Crippen LogP contribution < -0.4 is 10.9 Å². The molecule has 4 aromatic heterocycles. The molecule has 27 heavy (non-hydrogen) atoms. The molecule has 0 aliphatic heterocycles. The predicted octanol–water partition coefficient (Wildman–Crippen LogP) is 2.29. The third-order valence-electron chi connectivity index (χ3n) is 4.71. The van der Waals surface area contributed by atoms with Gasteiger partial charge in [-0.15, -0.1) is 5.10 Å². The molecule has 2 N–H and O–H groups in total. The van der Waals surface area contributed by atoms with Gasteiger partial charge in [-0.25, -0.2) is 14.5 Å². The van der Waals surface area contributed by atoms with Crippen LogP contribution >= 0.6 is 0 Å². The van der Waals surface area contributed by atoms with Crippen molar-refractivity contribution in [1.29, 1.82) is 0 Å². The Balaban J connectivity index is 1.66. The van der Waals surface area contributed by atoms with Crippen molar-refractivity contribution in [2.24, 2.45) is 5.92 Å². The molecule has 0 unspecified atom stereocenters. The third kappa shape index (κ3) is 2.75. The van der Waals surface area contributed by atoms with Gasteiger partial charge in [0.15, 0.2) is 11.5 Å². The minimum atomic E-state index is -0.249. The Morgan fingerprint density at radius 3 is 2.96 bits per heavy atom. The highest BCUT2D eigenvalue weighted by molar-refractivity contribution is 5.98. The number of nitrogens with one attached hydrogen (secondary N) is 2. The average Bonchev–Trinajstić information content (AvgIpc) is 3.42. The second kappa shape index (κ2) is 5.73. The Labute approximate surface area is 153 Å². The van der Waals surface area contributed by atoms with Gasteiger partial charge >= 0.3 is 0 Å². The lowest BCUT2D eigenvalue weighted by Gasteiger charge is -2.07. The highest BCUT2D eigenvalue weighted by atomic mass is 16.2. The summed E-state index contributed by atoms with van der Waals surface area (Å²) in [6.45, 7) is 1.98. The number of hydrogen-bond donors (Lipinski definition) is 2. The fraction of sp³-hybridized carbons (Fsp3) is 0.211. The number of nitrogens with zero attached hydrogens (tertiary/aromatic N) is 4. The first-order chi connectivity index (χ1) is 13.1. The number of anilines is 1.